The molecule has 0 spiro atoms. The van der Waals surface area contributed by atoms with Gasteiger partial charge in [-0.15, -0.1) is 22.7 Å². The van der Waals surface area contributed by atoms with Gasteiger partial charge in [0.15, 0.2) is 0 Å². The number of hydrogen-bond acceptors (Lipinski definition) is 6. The second-order valence-corrected chi connectivity index (χ2v) is 9.25. The molecule has 4 heterocycles. The first-order chi connectivity index (χ1) is 13.7. The van der Waals surface area contributed by atoms with Gasteiger partial charge in [-0.05, 0) is 50.2 Å². The quantitative estimate of drug-likeness (QED) is 0.533. The van der Waals surface area contributed by atoms with Crippen LogP contribution in [-0.4, -0.2) is 40.8 Å². The Balaban J connectivity index is 1.73. The average molecular weight is 418 g/mol. The van der Waals surface area contributed by atoms with E-state index in [0.29, 0.717) is 19.8 Å². The highest BCUT2D eigenvalue weighted by Crippen LogP contribution is 2.34. The van der Waals surface area contributed by atoms with E-state index in [1.165, 1.54) is 12.8 Å². The predicted octanol–water partition coefficient (Wildman–Crippen LogP) is 4.45. The van der Waals surface area contributed by atoms with Crippen molar-refractivity contribution in [3.8, 4) is 10.4 Å². The molecule has 0 atom stereocenters. The molecule has 4 rings (SSSR count). The Morgan fingerprint density at radius 2 is 2.11 bits per heavy atom. The summed E-state index contributed by atoms with van der Waals surface area (Å²) < 4.78 is 7.40. The molecule has 1 saturated heterocycles. The number of nitrogens with zero attached hydrogens (tertiary/aromatic N) is 3. The van der Waals surface area contributed by atoms with Gasteiger partial charge in [-0.1, -0.05) is 13.0 Å². The lowest BCUT2D eigenvalue weighted by atomic mass is 9.99. The van der Waals surface area contributed by atoms with Gasteiger partial charge < -0.3 is 4.74 Å². The Hall–Kier alpha value is -1.54. The second kappa shape index (κ2) is 8.86. The zero-order valence-corrected chi connectivity index (χ0v) is 18.2. The Morgan fingerprint density at radius 1 is 1.29 bits per heavy atom. The molecule has 150 valence electrons. The smallest absolute Gasteiger partial charge is 0.263 e. The third kappa shape index (κ3) is 4.08. The van der Waals surface area contributed by atoms with E-state index in [1.54, 1.807) is 22.7 Å². The Bertz CT molecular complexity index is 970. The SMILES string of the molecule is CCOCCn1c(CN2CCC(C)CC2)nc2scc(-c3cccs3)c2c1=O. The highest BCUT2D eigenvalue weighted by atomic mass is 32.1. The molecule has 0 radical (unpaired) electrons. The summed E-state index contributed by atoms with van der Waals surface area (Å²) in [4.78, 5) is 22.8. The number of ether oxygens (including phenoxy) is 1. The molecule has 0 unspecified atom stereocenters. The maximum Gasteiger partial charge on any atom is 0.263 e. The van der Waals surface area contributed by atoms with Gasteiger partial charge in [0.25, 0.3) is 5.56 Å². The van der Waals surface area contributed by atoms with E-state index in [4.69, 9.17) is 9.72 Å². The van der Waals surface area contributed by atoms with Crippen LogP contribution in [0, 0.1) is 5.92 Å². The van der Waals surface area contributed by atoms with Crippen LogP contribution in [0.3, 0.4) is 0 Å². The monoisotopic (exact) mass is 417 g/mol. The minimum Gasteiger partial charge on any atom is -0.380 e. The van der Waals surface area contributed by atoms with Crippen LogP contribution in [0.15, 0.2) is 27.7 Å². The molecule has 1 aliphatic heterocycles. The van der Waals surface area contributed by atoms with E-state index in [2.05, 4.69) is 23.3 Å². The largest absolute Gasteiger partial charge is 0.380 e. The van der Waals surface area contributed by atoms with E-state index in [0.717, 1.165) is 52.0 Å². The second-order valence-electron chi connectivity index (χ2n) is 7.45. The number of hydrogen-bond donors (Lipinski definition) is 0. The lowest BCUT2D eigenvalue weighted by molar-refractivity contribution is 0.134. The normalized spacial score (nSPS) is 16.2. The summed E-state index contributed by atoms with van der Waals surface area (Å²) in [5, 5.41) is 4.87. The number of thiophene rings is 2. The van der Waals surface area contributed by atoms with Gasteiger partial charge in [-0.2, -0.15) is 0 Å². The van der Waals surface area contributed by atoms with Crippen molar-refractivity contribution in [1.82, 2.24) is 14.5 Å². The van der Waals surface area contributed by atoms with E-state index in [1.807, 2.05) is 22.9 Å². The summed E-state index contributed by atoms with van der Waals surface area (Å²) in [7, 11) is 0. The average Bonchev–Trinajstić information content (AvgIpc) is 3.35. The fourth-order valence-electron chi connectivity index (χ4n) is 3.75. The van der Waals surface area contributed by atoms with Gasteiger partial charge in [-0.25, -0.2) is 4.98 Å². The Morgan fingerprint density at radius 3 is 2.82 bits per heavy atom. The zero-order chi connectivity index (χ0) is 19.5. The van der Waals surface area contributed by atoms with Gasteiger partial charge in [0, 0.05) is 22.4 Å². The van der Waals surface area contributed by atoms with Crippen LogP contribution < -0.4 is 5.56 Å². The molecular weight excluding hydrogens is 390 g/mol. The third-order valence-corrected chi connectivity index (χ3v) is 7.24. The molecule has 5 nitrogen and oxygen atoms in total. The highest BCUT2D eigenvalue weighted by molar-refractivity contribution is 7.18. The lowest BCUT2D eigenvalue weighted by Gasteiger charge is -2.30. The molecule has 0 N–H and O–H groups in total. The van der Waals surface area contributed by atoms with Crippen LogP contribution in [0.25, 0.3) is 20.7 Å². The molecule has 1 fully saturated rings. The summed E-state index contributed by atoms with van der Waals surface area (Å²) >= 11 is 3.23. The van der Waals surface area contributed by atoms with Crippen molar-refractivity contribution in [3.63, 3.8) is 0 Å². The van der Waals surface area contributed by atoms with Crippen molar-refractivity contribution in [3.05, 3.63) is 39.1 Å². The van der Waals surface area contributed by atoms with Crippen LogP contribution in [0.2, 0.25) is 0 Å². The fraction of sp³-hybridized carbons (Fsp3) is 0.524. The number of piperidine rings is 1. The molecule has 0 aromatic carbocycles. The first kappa shape index (κ1) is 19.8. The summed E-state index contributed by atoms with van der Waals surface area (Å²) in [6.45, 7) is 8.92. The maximum absolute atomic E-state index is 13.5. The van der Waals surface area contributed by atoms with Crippen LogP contribution in [0.5, 0.6) is 0 Å². The Labute approximate surface area is 173 Å². The highest BCUT2D eigenvalue weighted by Gasteiger charge is 2.21. The van der Waals surface area contributed by atoms with Gasteiger partial charge in [0.05, 0.1) is 25.1 Å². The molecule has 0 aliphatic carbocycles. The van der Waals surface area contributed by atoms with Crippen molar-refractivity contribution in [2.75, 3.05) is 26.3 Å². The number of rotatable bonds is 7. The molecule has 1 aliphatic rings. The van der Waals surface area contributed by atoms with E-state index in [9.17, 15) is 4.79 Å². The van der Waals surface area contributed by atoms with Crippen LogP contribution in [0.1, 0.15) is 32.5 Å². The van der Waals surface area contributed by atoms with Crippen LogP contribution in [0.4, 0.5) is 0 Å². The Kier molecular flexibility index (Phi) is 6.25. The van der Waals surface area contributed by atoms with Crippen LogP contribution >= 0.6 is 22.7 Å². The van der Waals surface area contributed by atoms with Crippen molar-refractivity contribution in [2.45, 2.75) is 39.8 Å². The molecule has 7 heteroatoms. The molecule has 0 bridgehead atoms. The van der Waals surface area contributed by atoms with Crippen molar-refractivity contribution in [2.24, 2.45) is 5.92 Å². The molecule has 3 aromatic rings. The van der Waals surface area contributed by atoms with Crippen molar-refractivity contribution < 1.29 is 4.74 Å². The van der Waals surface area contributed by atoms with E-state index >= 15 is 0 Å². The maximum atomic E-state index is 13.5. The summed E-state index contributed by atoms with van der Waals surface area (Å²) in [5.41, 5.74) is 1.07. The van der Waals surface area contributed by atoms with Gasteiger partial charge >= 0.3 is 0 Å². The minimum atomic E-state index is 0.0646. The van der Waals surface area contributed by atoms with Gasteiger partial charge in [0.2, 0.25) is 0 Å². The predicted molar refractivity (Wildman–Crippen MR) is 117 cm³/mol. The van der Waals surface area contributed by atoms with Crippen molar-refractivity contribution in [1.29, 1.82) is 0 Å². The standard InChI is InChI=1S/C21H27N3O2S2/c1-3-26-11-10-24-18(13-23-8-6-15(2)7-9-23)22-20-19(21(24)25)16(14-28-20)17-5-4-12-27-17/h4-5,12,14-15H,3,6-11,13H2,1-2H3. The summed E-state index contributed by atoms with van der Waals surface area (Å²) in [5.74, 6) is 1.66. The number of fused-ring (bicyclic) bond motifs is 1. The topological polar surface area (TPSA) is 47.4 Å². The first-order valence-corrected chi connectivity index (χ1v) is 11.8. The van der Waals surface area contributed by atoms with Crippen molar-refractivity contribution >= 4 is 32.9 Å². The molecule has 0 saturated carbocycles. The third-order valence-electron chi connectivity index (χ3n) is 5.46. The molecule has 3 aromatic heterocycles. The summed E-state index contributed by atoms with van der Waals surface area (Å²) in [6.07, 6.45) is 2.43. The molecular formula is C21H27N3O2S2. The molecule has 0 amide bonds. The van der Waals surface area contributed by atoms with Gasteiger partial charge in [0.1, 0.15) is 10.7 Å². The molecule has 28 heavy (non-hydrogen) atoms. The van der Waals surface area contributed by atoms with Gasteiger partial charge in [-0.3, -0.25) is 14.3 Å². The van der Waals surface area contributed by atoms with E-state index in [-0.39, 0.29) is 5.56 Å². The lowest BCUT2D eigenvalue weighted by Crippen LogP contribution is -2.36. The summed E-state index contributed by atoms with van der Waals surface area (Å²) in [6, 6.07) is 4.09. The fourth-order valence-corrected chi connectivity index (χ4v) is 5.52. The van der Waals surface area contributed by atoms with Crippen LogP contribution in [-0.2, 0) is 17.8 Å². The zero-order valence-electron chi connectivity index (χ0n) is 16.5. The first-order valence-electron chi connectivity index (χ1n) is 10.0. The van der Waals surface area contributed by atoms with E-state index < -0.39 is 0 Å². The minimum absolute atomic E-state index is 0.0646. The number of likely N-dealkylation sites (tertiary alicyclic amines) is 1. The number of aromatic nitrogens is 2.